The number of benzene rings is 2. The fourth-order valence-corrected chi connectivity index (χ4v) is 4.84. The summed E-state index contributed by atoms with van der Waals surface area (Å²) in [5, 5.41) is 3.01. The number of nitrogens with one attached hydrogen (secondary N) is 1. The van der Waals surface area contributed by atoms with E-state index in [9.17, 15) is 13.2 Å². The minimum Gasteiger partial charge on any atom is -0.493 e. The van der Waals surface area contributed by atoms with Crippen molar-refractivity contribution in [2.45, 2.75) is 12.5 Å². The fraction of sp³-hybridized carbons (Fsp3) is 0.409. The van der Waals surface area contributed by atoms with Crippen molar-refractivity contribution in [2.24, 2.45) is 0 Å². The van der Waals surface area contributed by atoms with Crippen molar-refractivity contribution in [3.8, 4) is 11.5 Å². The van der Waals surface area contributed by atoms with E-state index >= 15 is 0 Å². The smallest absolute Gasteiger partial charge is 0.241 e. The number of amides is 1. The van der Waals surface area contributed by atoms with Crippen molar-refractivity contribution < 1.29 is 22.7 Å². The quantitative estimate of drug-likeness (QED) is 0.685. The molecule has 0 spiro atoms. The van der Waals surface area contributed by atoms with Gasteiger partial charge in [0.1, 0.15) is 6.04 Å². The number of carbonyl (C=O) groups excluding carboxylic acids is 1. The van der Waals surface area contributed by atoms with Crippen molar-refractivity contribution >= 4 is 15.7 Å². The Balaban J connectivity index is 1.67. The van der Waals surface area contributed by atoms with Crippen LogP contribution in [0.2, 0.25) is 0 Å². The van der Waals surface area contributed by atoms with Gasteiger partial charge in [0.2, 0.25) is 5.91 Å². The summed E-state index contributed by atoms with van der Waals surface area (Å²) < 4.78 is 34.2. The van der Waals surface area contributed by atoms with Gasteiger partial charge in [-0.2, -0.15) is 0 Å². The summed E-state index contributed by atoms with van der Waals surface area (Å²) >= 11 is 0. The Morgan fingerprint density at radius 3 is 2.33 bits per heavy atom. The molecule has 2 aromatic carbocycles. The average molecular weight is 433 g/mol. The van der Waals surface area contributed by atoms with Crippen LogP contribution < -0.4 is 14.8 Å². The number of hydrogen-bond acceptors (Lipinski definition) is 6. The second-order valence-corrected chi connectivity index (χ2v) is 9.54. The molecule has 1 unspecified atom stereocenters. The molecule has 0 saturated carbocycles. The van der Waals surface area contributed by atoms with Crippen molar-refractivity contribution in [1.29, 1.82) is 0 Å². The summed E-state index contributed by atoms with van der Waals surface area (Å²) in [6.07, 6.45) is 0.641. The Labute approximate surface area is 177 Å². The molecule has 2 aromatic rings. The highest BCUT2D eigenvalue weighted by Gasteiger charge is 2.32. The lowest BCUT2D eigenvalue weighted by molar-refractivity contribution is -0.126. The van der Waals surface area contributed by atoms with E-state index in [1.165, 1.54) is 0 Å². The van der Waals surface area contributed by atoms with Crippen LogP contribution >= 0.6 is 0 Å². The van der Waals surface area contributed by atoms with Gasteiger partial charge < -0.3 is 14.8 Å². The number of nitrogens with zero attached hydrogens (tertiary/aromatic N) is 1. The van der Waals surface area contributed by atoms with E-state index in [2.05, 4.69) is 5.32 Å². The predicted molar refractivity (Wildman–Crippen MR) is 116 cm³/mol. The third-order valence-corrected chi connectivity index (χ3v) is 6.88. The molecule has 0 aliphatic carbocycles. The Kier molecular flexibility index (Phi) is 7.33. The summed E-state index contributed by atoms with van der Waals surface area (Å²) in [6.45, 7) is 1.17. The number of methoxy groups -OCH3 is 2. The van der Waals surface area contributed by atoms with Crippen LogP contribution in [-0.4, -0.2) is 64.6 Å². The van der Waals surface area contributed by atoms with Gasteiger partial charge in [0.25, 0.3) is 0 Å². The first kappa shape index (κ1) is 22.1. The largest absolute Gasteiger partial charge is 0.493 e. The molecule has 8 heteroatoms. The SMILES string of the molecule is COc1ccc(CCNC(=O)C(c2ccccc2)N2CCS(=O)(=O)CC2)cc1OC. The number of carbonyl (C=O) groups is 1. The van der Waals surface area contributed by atoms with Crippen LogP contribution in [0, 0.1) is 0 Å². The van der Waals surface area contributed by atoms with Gasteiger partial charge in [-0.1, -0.05) is 36.4 Å². The molecule has 1 aliphatic rings. The topological polar surface area (TPSA) is 84.9 Å². The molecule has 162 valence electrons. The molecule has 7 nitrogen and oxygen atoms in total. The van der Waals surface area contributed by atoms with E-state index in [1.54, 1.807) is 14.2 Å². The summed E-state index contributed by atoms with van der Waals surface area (Å²) in [6, 6.07) is 14.7. The first-order chi connectivity index (χ1) is 14.4. The zero-order chi connectivity index (χ0) is 21.6. The highest BCUT2D eigenvalue weighted by Crippen LogP contribution is 2.28. The number of sulfone groups is 1. The van der Waals surface area contributed by atoms with E-state index in [0.717, 1.165) is 11.1 Å². The maximum absolute atomic E-state index is 13.1. The van der Waals surface area contributed by atoms with Crippen LogP contribution in [0.25, 0.3) is 0 Å². The number of hydrogen-bond donors (Lipinski definition) is 1. The zero-order valence-corrected chi connectivity index (χ0v) is 18.2. The highest BCUT2D eigenvalue weighted by atomic mass is 32.2. The van der Waals surface area contributed by atoms with E-state index in [4.69, 9.17) is 9.47 Å². The van der Waals surface area contributed by atoms with Gasteiger partial charge in [0.05, 0.1) is 25.7 Å². The molecule has 0 aromatic heterocycles. The first-order valence-corrected chi connectivity index (χ1v) is 11.7. The molecule has 1 amide bonds. The summed E-state index contributed by atoms with van der Waals surface area (Å²) in [5.41, 5.74) is 1.88. The summed E-state index contributed by atoms with van der Waals surface area (Å²) in [4.78, 5) is 15.0. The second-order valence-electron chi connectivity index (χ2n) is 7.23. The van der Waals surface area contributed by atoms with Gasteiger partial charge in [-0.05, 0) is 29.7 Å². The third kappa shape index (κ3) is 5.52. The zero-order valence-electron chi connectivity index (χ0n) is 17.3. The van der Waals surface area contributed by atoms with Crippen LogP contribution in [0.15, 0.2) is 48.5 Å². The van der Waals surface area contributed by atoms with Crippen molar-refractivity contribution in [3.63, 3.8) is 0 Å². The lowest BCUT2D eigenvalue weighted by Crippen LogP contribution is -2.47. The lowest BCUT2D eigenvalue weighted by atomic mass is 10.0. The maximum Gasteiger partial charge on any atom is 0.241 e. The molecular formula is C22H28N2O5S. The molecule has 3 rings (SSSR count). The molecule has 1 N–H and O–H groups in total. The molecule has 1 heterocycles. The van der Waals surface area contributed by atoms with E-state index in [1.807, 2.05) is 53.4 Å². The first-order valence-electron chi connectivity index (χ1n) is 9.91. The van der Waals surface area contributed by atoms with Gasteiger partial charge in [-0.3, -0.25) is 9.69 Å². The van der Waals surface area contributed by atoms with Crippen molar-refractivity contribution in [2.75, 3.05) is 45.4 Å². The lowest BCUT2D eigenvalue weighted by Gasteiger charge is -2.33. The number of rotatable bonds is 8. The maximum atomic E-state index is 13.1. The van der Waals surface area contributed by atoms with Gasteiger partial charge in [0.15, 0.2) is 21.3 Å². The van der Waals surface area contributed by atoms with Gasteiger partial charge in [-0.15, -0.1) is 0 Å². The molecule has 0 bridgehead atoms. The van der Waals surface area contributed by atoms with Gasteiger partial charge >= 0.3 is 0 Å². The van der Waals surface area contributed by atoms with Crippen molar-refractivity contribution in [1.82, 2.24) is 10.2 Å². The predicted octanol–water partition coefficient (Wildman–Crippen LogP) is 1.83. The van der Waals surface area contributed by atoms with Crippen LogP contribution in [0.1, 0.15) is 17.2 Å². The van der Waals surface area contributed by atoms with Crippen LogP contribution in [-0.2, 0) is 21.1 Å². The molecule has 1 atom stereocenters. The fourth-order valence-electron chi connectivity index (χ4n) is 3.61. The van der Waals surface area contributed by atoms with Gasteiger partial charge in [0, 0.05) is 19.6 Å². The van der Waals surface area contributed by atoms with Gasteiger partial charge in [-0.25, -0.2) is 8.42 Å². The van der Waals surface area contributed by atoms with E-state index in [-0.39, 0.29) is 17.4 Å². The summed E-state index contributed by atoms with van der Waals surface area (Å²) in [7, 11) is 0.163. The minimum absolute atomic E-state index is 0.0786. The van der Waals surface area contributed by atoms with Crippen LogP contribution in [0.4, 0.5) is 0 Å². The standard InChI is InChI=1S/C22H28N2O5S/c1-28-19-9-8-17(16-20(19)29-2)10-11-23-22(25)21(18-6-4-3-5-7-18)24-12-14-30(26,27)15-13-24/h3-9,16,21H,10-15H2,1-2H3,(H,23,25). The number of ether oxygens (including phenoxy) is 2. The molecule has 1 saturated heterocycles. The average Bonchev–Trinajstić information content (AvgIpc) is 2.75. The molecule has 30 heavy (non-hydrogen) atoms. The molecule has 0 radical (unpaired) electrons. The van der Waals surface area contributed by atoms with E-state index < -0.39 is 15.9 Å². The second kappa shape index (κ2) is 9.95. The molecular weight excluding hydrogens is 404 g/mol. The molecule has 1 aliphatic heterocycles. The van der Waals surface area contributed by atoms with Crippen LogP contribution in [0.3, 0.4) is 0 Å². The summed E-state index contributed by atoms with van der Waals surface area (Å²) in [5.74, 6) is 1.35. The minimum atomic E-state index is -3.02. The Morgan fingerprint density at radius 1 is 1.03 bits per heavy atom. The normalized spacial score (nSPS) is 17.1. The van der Waals surface area contributed by atoms with Crippen LogP contribution in [0.5, 0.6) is 11.5 Å². The molecule has 1 fully saturated rings. The Bertz CT molecular complexity index is 949. The monoisotopic (exact) mass is 432 g/mol. The highest BCUT2D eigenvalue weighted by molar-refractivity contribution is 7.91. The Morgan fingerprint density at radius 2 is 1.70 bits per heavy atom. The van der Waals surface area contributed by atoms with Crippen molar-refractivity contribution in [3.05, 3.63) is 59.7 Å². The van der Waals surface area contributed by atoms with E-state index in [0.29, 0.717) is 37.6 Å². The Hall–Kier alpha value is -2.58. The third-order valence-electron chi connectivity index (χ3n) is 5.27.